The van der Waals surface area contributed by atoms with E-state index in [2.05, 4.69) is 18.6 Å². The fraction of sp³-hybridized carbons (Fsp3) is 0.526. The lowest BCUT2D eigenvalue weighted by atomic mass is 9.97. The van der Waals surface area contributed by atoms with E-state index in [4.69, 9.17) is 4.74 Å². The van der Waals surface area contributed by atoms with Crippen molar-refractivity contribution in [3.8, 4) is 0 Å². The van der Waals surface area contributed by atoms with Gasteiger partial charge in [-0.15, -0.1) is 0 Å². The first-order valence-electron chi connectivity index (χ1n) is 8.56. The molecule has 1 aromatic carbocycles. The molecule has 0 spiro atoms. The van der Waals surface area contributed by atoms with Gasteiger partial charge < -0.3 is 19.7 Å². The standard InChI is InChI=1S/C19H24O7/c1-10(2)8-12-4-6-13(7-5-12)11(3)18(23)25-9-14(20)17-15(21)16(22)19(24)26-17/h4-7,10-11,14,16-17,20,22H,8-9H2,1-3H3/t11?,14-,16?,17+/m0/s1. The molecule has 1 aromatic rings. The highest BCUT2D eigenvalue weighted by atomic mass is 16.6. The number of ketones is 1. The van der Waals surface area contributed by atoms with Crippen molar-refractivity contribution < 1.29 is 34.1 Å². The van der Waals surface area contributed by atoms with Crippen molar-refractivity contribution in [3.05, 3.63) is 35.4 Å². The zero-order valence-corrected chi connectivity index (χ0v) is 15.0. The minimum absolute atomic E-state index is 0.509. The van der Waals surface area contributed by atoms with Crippen LogP contribution in [0.1, 0.15) is 37.8 Å². The van der Waals surface area contributed by atoms with Crippen LogP contribution in [0.2, 0.25) is 0 Å². The minimum Gasteiger partial charge on any atom is -0.462 e. The molecule has 2 rings (SSSR count). The average molecular weight is 364 g/mol. The van der Waals surface area contributed by atoms with Crippen molar-refractivity contribution in [1.82, 2.24) is 0 Å². The number of aliphatic hydroxyl groups excluding tert-OH is 2. The zero-order chi connectivity index (χ0) is 19.4. The maximum atomic E-state index is 12.2. The molecule has 0 radical (unpaired) electrons. The summed E-state index contributed by atoms with van der Waals surface area (Å²) in [5.41, 5.74) is 1.95. The van der Waals surface area contributed by atoms with Gasteiger partial charge in [-0.25, -0.2) is 4.79 Å². The maximum Gasteiger partial charge on any atom is 0.343 e. The molecular formula is C19H24O7. The largest absolute Gasteiger partial charge is 0.462 e. The van der Waals surface area contributed by atoms with Gasteiger partial charge in [0.25, 0.3) is 0 Å². The molecule has 1 heterocycles. The van der Waals surface area contributed by atoms with Crippen LogP contribution >= 0.6 is 0 Å². The summed E-state index contributed by atoms with van der Waals surface area (Å²) in [7, 11) is 0. The fourth-order valence-corrected chi connectivity index (χ4v) is 2.72. The van der Waals surface area contributed by atoms with Gasteiger partial charge in [-0.1, -0.05) is 38.1 Å². The van der Waals surface area contributed by atoms with Gasteiger partial charge >= 0.3 is 11.9 Å². The highest BCUT2D eigenvalue weighted by Gasteiger charge is 2.46. The van der Waals surface area contributed by atoms with Crippen molar-refractivity contribution in [2.45, 2.75) is 51.4 Å². The number of cyclic esters (lactones) is 1. The molecule has 2 unspecified atom stereocenters. The van der Waals surface area contributed by atoms with Crippen LogP contribution in [-0.2, 0) is 30.3 Å². The van der Waals surface area contributed by atoms with E-state index in [0.717, 1.165) is 12.0 Å². The topological polar surface area (TPSA) is 110 Å². The highest BCUT2D eigenvalue weighted by molar-refractivity contribution is 6.09. The van der Waals surface area contributed by atoms with E-state index < -0.39 is 48.6 Å². The van der Waals surface area contributed by atoms with Crippen molar-refractivity contribution in [2.75, 3.05) is 6.61 Å². The van der Waals surface area contributed by atoms with Crippen LogP contribution in [0.3, 0.4) is 0 Å². The van der Waals surface area contributed by atoms with Gasteiger partial charge in [0.2, 0.25) is 11.9 Å². The summed E-state index contributed by atoms with van der Waals surface area (Å²) in [5, 5.41) is 19.1. The third-order valence-corrected chi connectivity index (χ3v) is 4.24. The quantitative estimate of drug-likeness (QED) is 0.542. The number of rotatable bonds is 7. The Morgan fingerprint density at radius 3 is 2.31 bits per heavy atom. The first-order valence-corrected chi connectivity index (χ1v) is 8.56. The molecule has 1 saturated heterocycles. The molecular weight excluding hydrogens is 340 g/mol. The second-order valence-corrected chi connectivity index (χ2v) is 6.92. The summed E-state index contributed by atoms with van der Waals surface area (Å²) in [5.74, 6) is -2.64. The summed E-state index contributed by atoms with van der Waals surface area (Å²) < 4.78 is 9.62. The first-order chi connectivity index (χ1) is 12.2. The van der Waals surface area contributed by atoms with Gasteiger partial charge in [0, 0.05) is 0 Å². The molecule has 0 aromatic heterocycles. The number of aliphatic hydroxyl groups is 2. The second-order valence-electron chi connectivity index (χ2n) is 6.92. The van der Waals surface area contributed by atoms with E-state index in [0.29, 0.717) is 5.92 Å². The number of carbonyl (C=O) groups is 3. The molecule has 2 N–H and O–H groups in total. The predicted octanol–water partition coefficient (Wildman–Crippen LogP) is 0.748. The predicted molar refractivity (Wildman–Crippen MR) is 91.3 cm³/mol. The van der Waals surface area contributed by atoms with E-state index in [1.807, 2.05) is 24.3 Å². The van der Waals surface area contributed by atoms with E-state index >= 15 is 0 Å². The van der Waals surface area contributed by atoms with E-state index in [1.165, 1.54) is 5.56 Å². The van der Waals surface area contributed by atoms with Crippen LogP contribution in [0.25, 0.3) is 0 Å². The molecule has 0 bridgehead atoms. The lowest BCUT2D eigenvalue weighted by Gasteiger charge is -2.18. The van der Waals surface area contributed by atoms with Crippen molar-refractivity contribution >= 4 is 17.7 Å². The number of hydrogen-bond donors (Lipinski definition) is 2. The summed E-state index contributed by atoms with van der Waals surface area (Å²) in [6, 6.07) is 7.65. The summed E-state index contributed by atoms with van der Waals surface area (Å²) in [4.78, 5) is 34.8. The molecule has 0 saturated carbocycles. The van der Waals surface area contributed by atoms with Crippen molar-refractivity contribution in [3.63, 3.8) is 0 Å². The van der Waals surface area contributed by atoms with Gasteiger partial charge in [-0.05, 0) is 30.4 Å². The molecule has 4 atom stereocenters. The Bertz CT molecular complexity index is 665. The van der Waals surface area contributed by atoms with Crippen LogP contribution in [-0.4, -0.2) is 52.9 Å². The van der Waals surface area contributed by atoms with Gasteiger partial charge in [-0.3, -0.25) is 9.59 Å². The summed E-state index contributed by atoms with van der Waals surface area (Å²) in [6.07, 6.45) is -3.98. The Balaban J connectivity index is 1.89. The number of ether oxygens (including phenoxy) is 2. The number of carbonyl (C=O) groups excluding carboxylic acids is 3. The second kappa shape index (κ2) is 8.42. The Morgan fingerprint density at radius 2 is 1.81 bits per heavy atom. The third-order valence-electron chi connectivity index (χ3n) is 4.24. The fourth-order valence-electron chi connectivity index (χ4n) is 2.72. The Morgan fingerprint density at radius 1 is 1.19 bits per heavy atom. The lowest BCUT2D eigenvalue weighted by molar-refractivity contribution is -0.157. The van der Waals surface area contributed by atoms with Crippen molar-refractivity contribution in [2.24, 2.45) is 5.92 Å². The molecule has 1 fully saturated rings. The van der Waals surface area contributed by atoms with Crippen LogP contribution in [0.5, 0.6) is 0 Å². The molecule has 142 valence electrons. The van der Waals surface area contributed by atoms with Crippen LogP contribution in [0.15, 0.2) is 24.3 Å². The van der Waals surface area contributed by atoms with Crippen molar-refractivity contribution in [1.29, 1.82) is 0 Å². The summed E-state index contributed by atoms with van der Waals surface area (Å²) in [6.45, 7) is 5.43. The Kier molecular flexibility index (Phi) is 6.50. The summed E-state index contributed by atoms with van der Waals surface area (Å²) >= 11 is 0. The highest BCUT2D eigenvalue weighted by Crippen LogP contribution is 2.20. The van der Waals surface area contributed by atoms with Gasteiger partial charge in [0.15, 0.2) is 6.10 Å². The third kappa shape index (κ3) is 4.68. The number of esters is 2. The molecule has 7 nitrogen and oxygen atoms in total. The molecule has 1 aliphatic rings. The van der Waals surface area contributed by atoms with Gasteiger partial charge in [0.05, 0.1) is 5.92 Å². The smallest absolute Gasteiger partial charge is 0.343 e. The lowest BCUT2D eigenvalue weighted by Crippen LogP contribution is -2.38. The van der Waals surface area contributed by atoms with Crippen LogP contribution in [0, 0.1) is 5.92 Å². The zero-order valence-electron chi connectivity index (χ0n) is 15.0. The number of Topliss-reactive ketones (excluding diaryl/α,β-unsaturated/α-hetero) is 1. The van der Waals surface area contributed by atoms with Gasteiger partial charge in [0.1, 0.15) is 12.7 Å². The Labute approximate surface area is 151 Å². The monoisotopic (exact) mass is 364 g/mol. The van der Waals surface area contributed by atoms with Gasteiger partial charge in [-0.2, -0.15) is 0 Å². The molecule has 0 amide bonds. The number of hydrogen-bond acceptors (Lipinski definition) is 7. The average Bonchev–Trinajstić information content (AvgIpc) is 2.86. The molecule has 7 heteroatoms. The van der Waals surface area contributed by atoms with Crippen LogP contribution in [0.4, 0.5) is 0 Å². The molecule has 1 aliphatic heterocycles. The van der Waals surface area contributed by atoms with Crippen LogP contribution < -0.4 is 0 Å². The maximum absolute atomic E-state index is 12.2. The number of benzene rings is 1. The van der Waals surface area contributed by atoms with E-state index in [-0.39, 0.29) is 0 Å². The normalized spacial score (nSPS) is 22.2. The first kappa shape index (κ1) is 20.1. The van der Waals surface area contributed by atoms with E-state index in [1.54, 1.807) is 6.92 Å². The minimum atomic E-state index is -1.89. The SMILES string of the molecule is CC(C)Cc1ccc(C(C)C(=O)OC[C@H](O)[C@H]2OC(=O)C(O)C2=O)cc1. The molecule has 26 heavy (non-hydrogen) atoms. The molecule has 0 aliphatic carbocycles. The Hall–Kier alpha value is -2.25. The van der Waals surface area contributed by atoms with E-state index in [9.17, 15) is 24.6 Å².